The molecule has 2 N–H and O–H groups in total. The number of benzene rings is 1. The van der Waals surface area contributed by atoms with E-state index in [1.54, 1.807) is 13.0 Å². The molecule has 0 unspecified atom stereocenters. The zero-order valence-corrected chi connectivity index (χ0v) is 15.0. The Balaban J connectivity index is 1.64. The van der Waals surface area contributed by atoms with Crippen LogP contribution < -0.4 is 5.32 Å². The molecule has 0 saturated heterocycles. The molecule has 25 heavy (non-hydrogen) atoms. The molecule has 1 aliphatic carbocycles. The number of nitrogens with zero attached hydrogens (tertiary/aromatic N) is 1. The summed E-state index contributed by atoms with van der Waals surface area (Å²) >= 11 is 1.30. The van der Waals surface area contributed by atoms with Crippen LogP contribution in [0, 0.1) is 12.7 Å². The SMILES string of the molecule is CCN(CC(=O)O)C1CC(NC(=O)c2sc3cccc(F)c3c2C)C1. The van der Waals surface area contributed by atoms with Crippen molar-refractivity contribution in [2.24, 2.45) is 0 Å². The Labute approximate surface area is 149 Å². The summed E-state index contributed by atoms with van der Waals surface area (Å²) in [5.41, 5.74) is 0.674. The lowest BCUT2D eigenvalue weighted by Crippen LogP contribution is -2.54. The molecule has 5 nitrogen and oxygen atoms in total. The number of carbonyl (C=O) groups excluding carboxylic acids is 1. The molecule has 1 fully saturated rings. The van der Waals surface area contributed by atoms with Gasteiger partial charge in [-0.1, -0.05) is 13.0 Å². The van der Waals surface area contributed by atoms with Gasteiger partial charge in [0.15, 0.2) is 0 Å². The summed E-state index contributed by atoms with van der Waals surface area (Å²) in [5.74, 6) is -1.32. The molecular weight excluding hydrogens is 343 g/mol. The summed E-state index contributed by atoms with van der Waals surface area (Å²) in [6, 6.07) is 5.09. The van der Waals surface area contributed by atoms with Crippen molar-refractivity contribution in [3.05, 3.63) is 34.5 Å². The van der Waals surface area contributed by atoms with Crippen molar-refractivity contribution < 1.29 is 19.1 Å². The normalized spacial score (nSPS) is 19.8. The average Bonchev–Trinajstić information content (AvgIpc) is 2.86. The Morgan fingerprint density at radius 1 is 1.40 bits per heavy atom. The zero-order chi connectivity index (χ0) is 18.1. The maximum absolute atomic E-state index is 14.0. The number of amides is 1. The van der Waals surface area contributed by atoms with Gasteiger partial charge in [-0.25, -0.2) is 4.39 Å². The van der Waals surface area contributed by atoms with E-state index < -0.39 is 5.97 Å². The number of carbonyl (C=O) groups is 2. The highest BCUT2D eigenvalue weighted by Crippen LogP contribution is 2.33. The molecule has 1 amide bonds. The second-order valence-electron chi connectivity index (χ2n) is 6.42. The van der Waals surface area contributed by atoms with E-state index in [4.69, 9.17) is 5.11 Å². The third-order valence-electron chi connectivity index (χ3n) is 4.82. The lowest BCUT2D eigenvalue weighted by molar-refractivity contribution is -0.139. The summed E-state index contributed by atoms with van der Waals surface area (Å²) in [6.07, 6.45) is 1.48. The molecule has 0 spiro atoms. The quantitative estimate of drug-likeness (QED) is 0.827. The number of halogens is 1. The van der Waals surface area contributed by atoms with E-state index in [9.17, 15) is 14.0 Å². The Kier molecular flexibility index (Phi) is 5.06. The molecule has 2 aromatic rings. The molecule has 3 rings (SSSR count). The second kappa shape index (κ2) is 7.09. The van der Waals surface area contributed by atoms with Gasteiger partial charge in [0, 0.05) is 22.2 Å². The lowest BCUT2D eigenvalue weighted by Gasteiger charge is -2.42. The Morgan fingerprint density at radius 3 is 2.72 bits per heavy atom. The van der Waals surface area contributed by atoms with E-state index in [0.717, 1.165) is 17.5 Å². The molecule has 1 aliphatic rings. The minimum absolute atomic E-state index is 0.0243. The molecule has 0 bridgehead atoms. The van der Waals surface area contributed by atoms with Crippen LogP contribution in [0.3, 0.4) is 0 Å². The Bertz CT molecular complexity index is 814. The van der Waals surface area contributed by atoms with Gasteiger partial charge >= 0.3 is 5.97 Å². The van der Waals surface area contributed by atoms with Crippen molar-refractivity contribution in [2.75, 3.05) is 13.1 Å². The number of thiophene rings is 1. The molecule has 0 radical (unpaired) electrons. The molecule has 1 aromatic carbocycles. The number of carboxylic acids is 1. The molecule has 134 valence electrons. The van der Waals surface area contributed by atoms with Crippen LogP contribution in [-0.2, 0) is 4.79 Å². The topological polar surface area (TPSA) is 69.6 Å². The Morgan fingerprint density at radius 2 is 2.12 bits per heavy atom. The number of hydrogen-bond donors (Lipinski definition) is 2. The number of nitrogens with one attached hydrogen (secondary N) is 1. The van der Waals surface area contributed by atoms with Gasteiger partial charge < -0.3 is 10.4 Å². The lowest BCUT2D eigenvalue weighted by atomic mass is 9.85. The van der Waals surface area contributed by atoms with Gasteiger partial charge in [0.1, 0.15) is 5.82 Å². The van der Waals surface area contributed by atoms with Gasteiger partial charge in [-0.3, -0.25) is 14.5 Å². The molecule has 1 heterocycles. The van der Waals surface area contributed by atoms with Crippen LogP contribution in [0.2, 0.25) is 0 Å². The monoisotopic (exact) mass is 364 g/mol. The van der Waals surface area contributed by atoms with Crippen molar-refractivity contribution in [2.45, 2.75) is 38.8 Å². The first-order valence-corrected chi connectivity index (χ1v) is 9.16. The summed E-state index contributed by atoms with van der Waals surface area (Å²) in [5, 5.41) is 12.4. The maximum Gasteiger partial charge on any atom is 0.317 e. The van der Waals surface area contributed by atoms with E-state index in [1.165, 1.54) is 17.4 Å². The first-order valence-electron chi connectivity index (χ1n) is 8.35. The molecule has 1 saturated carbocycles. The maximum atomic E-state index is 14.0. The number of hydrogen-bond acceptors (Lipinski definition) is 4. The third kappa shape index (κ3) is 3.52. The van der Waals surface area contributed by atoms with Crippen LogP contribution >= 0.6 is 11.3 Å². The number of aliphatic carboxylic acids is 1. The minimum Gasteiger partial charge on any atom is -0.480 e. The van der Waals surface area contributed by atoms with Gasteiger partial charge in [0.2, 0.25) is 0 Å². The number of carboxylic acid groups (broad SMARTS) is 1. The number of aryl methyl sites for hydroxylation is 1. The van der Waals surface area contributed by atoms with Crippen molar-refractivity contribution in [1.82, 2.24) is 10.2 Å². The van der Waals surface area contributed by atoms with E-state index in [-0.39, 0.29) is 30.4 Å². The van der Waals surface area contributed by atoms with Gasteiger partial charge in [-0.05, 0) is 44.0 Å². The van der Waals surface area contributed by atoms with Crippen LogP contribution in [0.4, 0.5) is 4.39 Å². The van der Waals surface area contributed by atoms with E-state index in [1.807, 2.05) is 17.9 Å². The molecular formula is C18H21FN2O3S. The van der Waals surface area contributed by atoms with E-state index >= 15 is 0 Å². The van der Waals surface area contributed by atoms with Gasteiger partial charge in [0.25, 0.3) is 5.91 Å². The number of fused-ring (bicyclic) bond motifs is 1. The predicted octanol–water partition coefficient (Wildman–Crippen LogP) is 3.02. The first-order chi connectivity index (χ1) is 11.9. The minimum atomic E-state index is -0.836. The molecule has 0 aliphatic heterocycles. The number of rotatable bonds is 6. The van der Waals surface area contributed by atoms with Crippen LogP contribution in [0.15, 0.2) is 18.2 Å². The first kappa shape index (κ1) is 17.8. The van der Waals surface area contributed by atoms with Crippen molar-refractivity contribution in [3.63, 3.8) is 0 Å². The third-order valence-corrected chi connectivity index (χ3v) is 6.07. The smallest absolute Gasteiger partial charge is 0.317 e. The zero-order valence-electron chi connectivity index (χ0n) is 14.2. The van der Waals surface area contributed by atoms with Gasteiger partial charge in [-0.2, -0.15) is 0 Å². The summed E-state index contributed by atoms with van der Waals surface area (Å²) in [6.45, 7) is 4.40. The van der Waals surface area contributed by atoms with E-state index in [2.05, 4.69) is 5.32 Å². The fourth-order valence-electron chi connectivity index (χ4n) is 3.40. The van der Waals surface area contributed by atoms with Gasteiger partial charge in [-0.15, -0.1) is 11.3 Å². The molecule has 7 heteroatoms. The number of likely N-dealkylation sites (N-methyl/N-ethyl adjacent to an activating group) is 1. The fraction of sp³-hybridized carbons (Fsp3) is 0.444. The Hall–Kier alpha value is -1.99. The predicted molar refractivity (Wildman–Crippen MR) is 95.7 cm³/mol. The second-order valence-corrected chi connectivity index (χ2v) is 7.47. The largest absolute Gasteiger partial charge is 0.480 e. The van der Waals surface area contributed by atoms with Crippen LogP contribution in [0.5, 0.6) is 0 Å². The van der Waals surface area contributed by atoms with Gasteiger partial charge in [0.05, 0.1) is 11.4 Å². The fourth-order valence-corrected chi connectivity index (χ4v) is 4.52. The van der Waals surface area contributed by atoms with Crippen LogP contribution in [0.1, 0.15) is 35.0 Å². The summed E-state index contributed by atoms with van der Waals surface area (Å²) in [4.78, 5) is 25.9. The summed E-state index contributed by atoms with van der Waals surface area (Å²) in [7, 11) is 0. The highest BCUT2D eigenvalue weighted by atomic mass is 32.1. The van der Waals surface area contributed by atoms with E-state index in [0.29, 0.717) is 22.4 Å². The standard InChI is InChI=1S/C18H21FN2O3S/c1-3-21(9-15(22)23)12-7-11(8-12)20-18(24)17-10(2)16-13(19)5-4-6-14(16)25-17/h4-6,11-12H,3,7-9H2,1-2H3,(H,20,24)(H,22,23). The van der Waals surface area contributed by atoms with Crippen molar-refractivity contribution >= 4 is 33.3 Å². The van der Waals surface area contributed by atoms with Crippen LogP contribution in [0.25, 0.3) is 10.1 Å². The molecule has 1 aromatic heterocycles. The van der Waals surface area contributed by atoms with Crippen molar-refractivity contribution in [3.8, 4) is 0 Å². The highest BCUT2D eigenvalue weighted by Gasteiger charge is 2.35. The molecule has 0 atom stereocenters. The van der Waals surface area contributed by atoms with Crippen LogP contribution in [-0.4, -0.2) is 47.1 Å². The highest BCUT2D eigenvalue weighted by molar-refractivity contribution is 7.21. The summed E-state index contributed by atoms with van der Waals surface area (Å²) < 4.78 is 14.7. The van der Waals surface area contributed by atoms with Crippen molar-refractivity contribution in [1.29, 1.82) is 0 Å². The average molecular weight is 364 g/mol.